The van der Waals surface area contributed by atoms with Crippen LogP contribution in [0.25, 0.3) is 11.3 Å². The van der Waals surface area contributed by atoms with E-state index in [1.165, 1.54) is 19.3 Å². The van der Waals surface area contributed by atoms with Crippen LogP contribution in [0.1, 0.15) is 19.3 Å². The van der Waals surface area contributed by atoms with Gasteiger partial charge in [-0.05, 0) is 31.4 Å². The highest BCUT2D eigenvalue weighted by atomic mass is 15.1. The van der Waals surface area contributed by atoms with Crippen LogP contribution in [-0.4, -0.2) is 23.1 Å². The molecule has 0 saturated carbocycles. The Morgan fingerprint density at radius 3 is 2.58 bits per heavy atom. The number of nitrogens with two attached hydrogens (primary N) is 1. The van der Waals surface area contributed by atoms with Gasteiger partial charge in [0.05, 0.1) is 23.3 Å². The van der Waals surface area contributed by atoms with Crippen molar-refractivity contribution in [3.63, 3.8) is 0 Å². The minimum absolute atomic E-state index is 0.824. The molecule has 4 nitrogen and oxygen atoms in total. The zero-order valence-electron chi connectivity index (χ0n) is 10.9. The minimum atomic E-state index is 0.824. The molecule has 1 aliphatic rings. The van der Waals surface area contributed by atoms with Gasteiger partial charge in [-0.2, -0.15) is 0 Å². The van der Waals surface area contributed by atoms with Crippen molar-refractivity contribution in [2.45, 2.75) is 19.3 Å². The molecule has 4 heteroatoms. The first-order chi connectivity index (χ1) is 9.34. The second-order valence-corrected chi connectivity index (χ2v) is 4.91. The molecule has 1 aliphatic heterocycles. The van der Waals surface area contributed by atoms with Gasteiger partial charge >= 0.3 is 0 Å². The molecule has 0 spiro atoms. The molecule has 0 amide bonds. The maximum Gasteiger partial charge on any atom is 0.0885 e. The first-order valence-electron chi connectivity index (χ1n) is 6.75. The molecule has 1 aromatic carbocycles. The van der Waals surface area contributed by atoms with E-state index in [1.807, 2.05) is 6.07 Å². The Kier molecular flexibility index (Phi) is 3.31. The predicted molar refractivity (Wildman–Crippen MR) is 77.9 cm³/mol. The van der Waals surface area contributed by atoms with Gasteiger partial charge in [0, 0.05) is 31.0 Å². The van der Waals surface area contributed by atoms with E-state index in [4.69, 9.17) is 5.73 Å². The van der Waals surface area contributed by atoms with Crippen LogP contribution >= 0.6 is 0 Å². The predicted octanol–water partition coefficient (Wildman–Crippen LogP) is 2.72. The van der Waals surface area contributed by atoms with Gasteiger partial charge in [0.15, 0.2) is 0 Å². The zero-order chi connectivity index (χ0) is 13.1. The molecule has 0 radical (unpaired) electrons. The fourth-order valence-corrected chi connectivity index (χ4v) is 2.58. The number of piperidine rings is 1. The minimum Gasteiger partial charge on any atom is -0.397 e. The Balaban J connectivity index is 1.89. The molecule has 0 atom stereocenters. The Labute approximate surface area is 113 Å². The van der Waals surface area contributed by atoms with Crippen molar-refractivity contribution < 1.29 is 0 Å². The summed E-state index contributed by atoms with van der Waals surface area (Å²) >= 11 is 0. The Morgan fingerprint density at radius 2 is 1.89 bits per heavy atom. The van der Waals surface area contributed by atoms with E-state index >= 15 is 0 Å². The largest absolute Gasteiger partial charge is 0.397 e. The highest BCUT2D eigenvalue weighted by Gasteiger charge is 2.14. The molecule has 0 aliphatic carbocycles. The van der Waals surface area contributed by atoms with Crippen molar-refractivity contribution in [3.05, 3.63) is 36.8 Å². The van der Waals surface area contributed by atoms with Crippen molar-refractivity contribution >= 4 is 11.4 Å². The first kappa shape index (κ1) is 12.0. The van der Waals surface area contributed by atoms with E-state index in [-0.39, 0.29) is 0 Å². The van der Waals surface area contributed by atoms with E-state index in [0.29, 0.717) is 0 Å². The molecule has 3 rings (SSSR count). The molecule has 0 bridgehead atoms. The van der Waals surface area contributed by atoms with Crippen LogP contribution in [-0.2, 0) is 0 Å². The fraction of sp³-hybridized carbons (Fsp3) is 0.333. The summed E-state index contributed by atoms with van der Waals surface area (Å²) in [4.78, 5) is 10.8. The summed E-state index contributed by atoms with van der Waals surface area (Å²) in [6.07, 6.45) is 8.97. The number of rotatable bonds is 2. The Bertz CT molecular complexity index is 547. The van der Waals surface area contributed by atoms with Gasteiger partial charge in [0.1, 0.15) is 0 Å². The van der Waals surface area contributed by atoms with Gasteiger partial charge < -0.3 is 10.6 Å². The van der Waals surface area contributed by atoms with E-state index in [9.17, 15) is 0 Å². The summed E-state index contributed by atoms with van der Waals surface area (Å²) in [7, 11) is 0. The highest BCUT2D eigenvalue weighted by molar-refractivity contribution is 5.75. The Hall–Kier alpha value is -2.10. The molecule has 1 aromatic heterocycles. The van der Waals surface area contributed by atoms with E-state index in [2.05, 4.69) is 27.0 Å². The molecule has 2 aromatic rings. The molecule has 19 heavy (non-hydrogen) atoms. The summed E-state index contributed by atoms with van der Waals surface area (Å²) in [5.74, 6) is 0. The number of nitrogen functional groups attached to an aromatic ring is 1. The molecular weight excluding hydrogens is 236 g/mol. The van der Waals surface area contributed by atoms with Crippen LogP contribution in [0.15, 0.2) is 36.8 Å². The highest BCUT2D eigenvalue weighted by Crippen LogP contribution is 2.30. The molecule has 1 saturated heterocycles. The summed E-state index contributed by atoms with van der Waals surface area (Å²) < 4.78 is 0. The SMILES string of the molecule is Nc1cc(-c2cnccn2)ccc1N1CCCCC1. The maximum atomic E-state index is 6.20. The van der Waals surface area contributed by atoms with Crippen molar-refractivity contribution in [1.82, 2.24) is 9.97 Å². The van der Waals surface area contributed by atoms with E-state index in [0.717, 1.165) is 35.7 Å². The summed E-state index contributed by atoms with van der Waals surface area (Å²) in [5, 5.41) is 0. The van der Waals surface area contributed by atoms with Crippen LogP contribution in [0, 0.1) is 0 Å². The molecule has 2 heterocycles. The summed E-state index contributed by atoms with van der Waals surface area (Å²) in [6.45, 7) is 2.21. The van der Waals surface area contributed by atoms with Gasteiger partial charge in [0.25, 0.3) is 0 Å². The lowest BCUT2D eigenvalue weighted by molar-refractivity contribution is 0.578. The smallest absolute Gasteiger partial charge is 0.0885 e. The van der Waals surface area contributed by atoms with Crippen LogP contribution in [0.3, 0.4) is 0 Å². The normalized spacial score (nSPS) is 15.5. The lowest BCUT2D eigenvalue weighted by Crippen LogP contribution is -2.29. The molecule has 1 fully saturated rings. The van der Waals surface area contributed by atoms with Gasteiger partial charge in [-0.3, -0.25) is 9.97 Å². The van der Waals surface area contributed by atoms with E-state index < -0.39 is 0 Å². The van der Waals surface area contributed by atoms with Crippen molar-refractivity contribution in [1.29, 1.82) is 0 Å². The van der Waals surface area contributed by atoms with Gasteiger partial charge in [-0.25, -0.2) is 0 Å². The number of aromatic nitrogens is 2. The lowest BCUT2D eigenvalue weighted by atomic mass is 10.1. The average molecular weight is 254 g/mol. The number of nitrogens with zero attached hydrogens (tertiary/aromatic N) is 3. The lowest BCUT2D eigenvalue weighted by Gasteiger charge is -2.30. The number of anilines is 2. The molecular formula is C15H18N4. The third kappa shape index (κ3) is 2.52. The van der Waals surface area contributed by atoms with Crippen molar-refractivity contribution in [2.24, 2.45) is 0 Å². The van der Waals surface area contributed by atoms with Crippen LogP contribution < -0.4 is 10.6 Å². The summed E-state index contributed by atoms with van der Waals surface area (Å²) in [5.41, 5.74) is 10.0. The number of hydrogen-bond donors (Lipinski definition) is 1. The number of hydrogen-bond acceptors (Lipinski definition) is 4. The van der Waals surface area contributed by atoms with Crippen LogP contribution in [0.4, 0.5) is 11.4 Å². The first-order valence-corrected chi connectivity index (χ1v) is 6.75. The molecule has 2 N–H and O–H groups in total. The van der Waals surface area contributed by atoms with Crippen LogP contribution in [0.5, 0.6) is 0 Å². The molecule has 0 unspecified atom stereocenters. The van der Waals surface area contributed by atoms with Crippen molar-refractivity contribution in [3.8, 4) is 11.3 Å². The van der Waals surface area contributed by atoms with E-state index in [1.54, 1.807) is 18.6 Å². The quantitative estimate of drug-likeness (QED) is 0.837. The maximum absolute atomic E-state index is 6.20. The standard InChI is InChI=1S/C15H18N4/c16-13-10-12(14-11-17-6-7-18-14)4-5-15(13)19-8-2-1-3-9-19/h4-7,10-11H,1-3,8-9,16H2. The third-order valence-electron chi connectivity index (χ3n) is 3.58. The monoisotopic (exact) mass is 254 g/mol. The second-order valence-electron chi connectivity index (χ2n) is 4.91. The van der Waals surface area contributed by atoms with Gasteiger partial charge in [-0.1, -0.05) is 6.07 Å². The number of benzene rings is 1. The Morgan fingerprint density at radius 1 is 1.05 bits per heavy atom. The summed E-state index contributed by atoms with van der Waals surface area (Å²) in [6, 6.07) is 6.17. The second kappa shape index (κ2) is 5.26. The molecule has 98 valence electrons. The average Bonchev–Trinajstić information content (AvgIpc) is 2.49. The van der Waals surface area contributed by atoms with Crippen molar-refractivity contribution in [2.75, 3.05) is 23.7 Å². The topological polar surface area (TPSA) is 55.0 Å². The van der Waals surface area contributed by atoms with Gasteiger partial charge in [0.2, 0.25) is 0 Å². The van der Waals surface area contributed by atoms with Crippen LogP contribution in [0.2, 0.25) is 0 Å². The zero-order valence-corrected chi connectivity index (χ0v) is 10.9. The fourth-order valence-electron chi connectivity index (χ4n) is 2.58. The van der Waals surface area contributed by atoms with Gasteiger partial charge in [-0.15, -0.1) is 0 Å². The third-order valence-corrected chi connectivity index (χ3v) is 3.58.